The van der Waals surface area contributed by atoms with Crippen LogP contribution in [0.25, 0.3) is 11.0 Å². The van der Waals surface area contributed by atoms with E-state index in [9.17, 15) is 14.4 Å². The molecule has 1 aromatic heterocycles. The van der Waals surface area contributed by atoms with E-state index in [1.165, 1.54) is 0 Å². The number of nitrogens with zero attached hydrogens (tertiary/aromatic N) is 4. The van der Waals surface area contributed by atoms with Crippen molar-refractivity contribution in [3.8, 4) is 5.75 Å². The van der Waals surface area contributed by atoms with E-state index in [0.29, 0.717) is 25.3 Å². The maximum atomic E-state index is 13.0. The Kier molecular flexibility index (Phi) is 6.98. The van der Waals surface area contributed by atoms with E-state index in [1.807, 2.05) is 55.1 Å². The second kappa shape index (κ2) is 9.95. The van der Waals surface area contributed by atoms with E-state index < -0.39 is 0 Å². The Balaban J connectivity index is 1.51. The average Bonchev–Trinajstić information content (AvgIpc) is 3.03. The summed E-state index contributed by atoms with van der Waals surface area (Å²) in [5.41, 5.74) is 3.12. The van der Waals surface area contributed by atoms with Gasteiger partial charge in [0.25, 0.3) is 0 Å². The zero-order chi connectivity index (χ0) is 25.3. The van der Waals surface area contributed by atoms with Gasteiger partial charge in [0.05, 0.1) is 29.7 Å². The van der Waals surface area contributed by atoms with Gasteiger partial charge < -0.3 is 15.0 Å². The van der Waals surface area contributed by atoms with Gasteiger partial charge in [-0.1, -0.05) is 12.1 Å². The SMILES string of the molecule is CC(=O)N1CCN(CC(=O)Nc2ccc3c(c2)n(C)c(=O)n3C)[C@H](c2ccc(OC(C)C)cc2)C1. The molecule has 4 rings (SSSR count). The van der Waals surface area contributed by atoms with Crippen molar-refractivity contribution < 1.29 is 14.3 Å². The molecule has 1 fully saturated rings. The van der Waals surface area contributed by atoms with Crippen molar-refractivity contribution in [2.45, 2.75) is 32.9 Å². The molecule has 1 N–H and O–H groups in total. The molecule has 0 radical (unpaired) electrons. The molecule has 35 heavy (non-hydrogen) atoms. The Bertz CT molecular complexity index is 1290. The number of carbonyl (C=O) groups is 2. The standard InChI is InChI=1S/C26H33N5O4/c1-17(2)35-21-9-6-19(7-10-21)24-15-30(18(3)32)12-13-31(24)16-25(33)27-20-8-11-22-23(14-20)29(5)26(34)28(22)4/h6-11,14,17,24H,12-13,15-16H2,1-5H3,(H,27,33)/t24-/m0/s1. The van der Waals surface area contributed by atoms with Gasteiger partial charge in [-0.05, 0) is 49.7 Å². The summed E-state index contributed by atoms with van der Waals surface area (Å²) in [5.74, 6) is 0.671. The van der Waals surface area contributed by atoms with E-state index in [4.69, 9.17) is 4.74 Å². The van der Waals surface area contributed by atoms with Gasteiger partial charge in [-0.2, -0.15) is 0 Å². The minimum atomic E-state index is -0.147. The summed E-state index contributed by atoms with van der Waals surface area (Å²) in [6.07, 6.45) is 0.0847. The third kappa shape index (κ3) is 5.24. The highest BCUT2D eigenvalue weighted by Gasteiger charge is 2.30. The summed E-state index contributed by atoms with van der Waals surface area (Å²) in [6.45, 7) is 7.41. The smallest absolute Gasteiger partial charge is 0.328 e. The second-order valence-corrected chi connectivity index (χ2v) is 9.34. The highest BCUT2D eigenvalue weighted by atomic mass is 16.5. The molecule has 0 spiro atoms. The zero-order valence-electron chi connectivity index (χ0n) is 20.9. The summed E-state index contributed by atoms with van der Waals surface area (Å²) in [5, 5.41) is 2.97. The van der Waals surface area contributed by atoms with Crippen molar-refractivity contribution >= 4 is 28.5 Å². The van der Waals surface area contributed by atoms with Crippen LogP contribution in [0.15, 0.2) is 47.3 Å². The van der Waals surface area contributed by atoms with Crippen molar-refractivity contribution in [3.63, 3.8) is 0 Å². The summed E-state index contributed by atoms with van der Waals surface area (Å²) in [7, 11) is 3.44. The molecule has 2 amide bonds. The maximum absolute atomic E-state index is 13.0. The van der Waals surface area contributed by atoms with Crippen molar-refractivity contribution in [3.05, 3.63) is 58.5 Å². The number of aryl methyl sites for hydroxylation is 2. The minimum Gasteiger partial charge on any atom is -0.491 e. The number of rotatable bonds is 6. The lowest BCUT2D eigenvalue weighted by Crippen LogP contribution is -2.51. The van der Waals surface area contributed by atoms with Gasteiger partial charge >= 0.3 is 5.69 Å². The summed E-state index contributed by atoms with van der Waals surface area (Å²) >= 11 is 0. The van der Waals surface area contributed by atoms with Gasteiger partial charge in [-0.15, -0.1) is 0 Å². The van der Waals surface area contributed by atoms with Crippen LogP contribution in [0.3, 0.4) is 0 Å². The minimum absolute atomic E-state index is 0.0284. The lowest BCUT2D eigenvalue weighted by atomic mass is 10.0. The molecule has 2 heterocycles. The van der Waals surface area contributed by atoms with E-state index in [0.717, 1.165) is 22.3 Å². The molecule has 9 nitrogen and oxygen atoms in total. The monoisotopic (exact) mass is 479 g/mol. The number of nitrogens with one attached hydrogen (secondary N) is 1. The molecule has 9 heteroatoms. The van der Waals surface area contributed by atoms with E-state index in [1.54, 1.807) is 36.2 Å². The second-order valence-electron chi connectivity index (χ2n) is 9.34. The fourth-order valence-corrected chi connectivity index (χ4v) is 4.62. The molecule has 0 unspecified atom stereocenters. The average molecular weight is 480 g/mol. The maximum Gasteiger partial charge on any atom is 0.328 e. The number of imidazole rings is 1. The first kappa shape index (κ1) is 24.5. The zero-order valence-corrected chi connectivity index (χ0v) is 20.9. The molecule has 0 aliphatic carbocycles. The molecule has 1 aliphatic heterocycles. The van der Waals surface area contributed by atoms with Gasteiger partial charge in [0.2, 0.25) is 11.8 Å². The van der Waals surface area contributed by atoms with Gasteiger partial charge in [0, 0.05) is 46.3 Å². The molecule has 0 saturated carbocycles. The molecule has 3 aromatic rings. The predicted molar refractivity (Wildman–Crippen MR) is 136 cm³/mol. The van der Waals surface area contributed by atoms with Crippen LogP contribution in [0.1, 0.15) is 32.4 Å². The third-order valence-corrected chi connectivity index (χ3v) is 6.48. The molecular weight excluding hydrogens is 446 g/mol. The van der Waals surface area contributed by atoms with Crippen LogP contribution in [-0.2, 0) is 23.7 Å². The molecule has 0 bridgehead atoms. The first-order valence-electron chi connectivity index (χ1n) is 11.9. The summed E-state index contributed by atoms with van der Waals surface area (Å²) < 4.78 is 8.90. The Morgan fingerprint density at radius 1 is 1.03 bits per heavy atom. The normalized spacial score (nSPS) is 16.6. The first-order chi connectivity index (χ1) is 16.6. The molecular formula is C26H33N5O4. The number of ether oxygens (including phenoxy) is 1. The van der Waals surface area contributed by atoms with Crippen LogP contribution in [0.2, 0.25) is 0 Å². The van der Waals surface area contributed by atoms with Gasteiger partial charge in [0.15, 0.2) is 0 Å². The Morgan fingerprint density at radius 2 is 1.71 bits per heavy atom. The lowest BCUT2D eigenvalue weighted by Gasteiger charge is -2.41. The number of hydrogen-bond donors (Lipinski definition) is 1. The molecule has 1 aliphatic rings. The molecule has 1 atom stereocenters. The fraction of sp³-hybridized carbons (Fsp3) is 0.423. The van der Waals surface area contributed by atoms with Crippen molar-refractivity contribution in [2.75, 3.05) is 31.5 Å². The van der Waals surface area contributed by atoms with Crippen LogP contribution >= 0.6 is 0 Å². The number of aromatic nitrogens is 2. The third-order valence-electron chi connectivity index (χ3n) is 6.48. The van der Waals surface area contributed by atoms with E-state index in [-0.39, 0.29) is 36.2 Å². The van der Waals surface area contributed by atoms with E-state index >= 15 is 0 Å². The van der Waals surface area contributed by atoms with E-state index in [2.05, 4.69) is 10.2 Å². The summed E-state index contributed by atoms with van der Waals surface area (Å²) in [4.78, 5) is 41.2. The topological polar surface area (TPSA) is 88.8 Å². The predicted octanol–water partition coefficient (Wildman–Crippen LogP) is 2.51. The number of benzene rings is 2. The number of anilines is 1. The number of fused-ring (bicyclic) bond motifs is 1. The van der Waals surface area contributed by atoms with Gasteiger partial charge in [0.1, 0.15) is 5.75 Å². The lowest BCUT2D eigenvalue weighted by molar-refractivity contribution is -0.132. The Morgan fingerprint density at radius 3 is 2.37 bits per heavy atom. The number of piperazine rings is 1. The van der Waals surface area contributed by atoms with Gasteiger partial charge in [-0.25, -0.2) is 4.79 Å². The van der Waals surface area contributed by atoms with Crippen LogP contribution in [0.5, 0.6) is 5.75 Å². The van der Waals surface area contributed by atoms with Crippen molar-refractivity contribution in [1.29, 1.82) is 0 Å². The highest BCUT2D eigenvalue weighted by molar-refractivity contribution is 5.94. The quantitative estimate of drug-likeness (QED) is 0.587. The Hall–Kier alpha value is -3.59. The first-order valence-corrected chi connectivity index (χ1v) is 11.9. The fourth-order valence-electron chi connectivity index (χ4n) is 4.62. The number of hydrogen-bond acceptors (Lipinski definition) is 5. The highest BCUT2D eigenvalue weighted by Crippen LogP contribution is 2.28. The van der Waals surface area contributed by atoms with Crippen LogP contribution in [0, 0.1) is 0 Å². The number of amides is 2. The van der Waals surface area contributed by atoms with Crippen LogP contribution < -0.4 is 15.7 Å². The van der Waals surface area contributed by atoms with Crippen LogP contribution in [0.4, 0.5) is 5.69 Å². The summed E-state index contributed by atoms with van der Waals surface area (Å²) in [6, 6.07) is 13.2. The number of carbonyl (C=O) groups excluding carboxylic acids is 2. The van der Waals surface area contributed by atoms with Gasteiger partial charge in [-0.3, -0.25) is 23.6 Å². The largest absolute Gasteiger partial charge is 0.491 e. The molecule has 1 saturated heterocycles. The molecule has 2 aromatic carbocycles. The van der Waals surface area contributed by atoms with Crippen molar-refractivity contribution in [1.82, 2.24) is 18.9 Å². The van der Waals surface area contributed by atoms with Crippen LogP contribution in [-0.4, -0.2) is 63.0 Å². The Labute approximate surface area is 204 Å². The van der Waals surface area contributed by atoms with Crippen molar-refractivity contribution in [2.24, 2.45) is 14.1 Å². The molecule has 186 valence electrons.